The average Bonchev–Trinajstić information content (AvgIpc) is 2.90. The van der Waals surface area contributed by atoms with Gasteiger partial charge in [0.1, 0.15) is 16.6 Å². The molecule has 0 fully saturated rings. The molecule has 0 radical (unpaired) electrons. The van der Waals surface area contributed by atoms with E-state index >= 15 is 0 Å². The second-order valence-corrected chi connectivity index (χ2v) is 5.61. The van der Waals surface area contributed by atoms with E-state index in [2.05, 4.69) is 9.36 Å². The first-order valence-electron chi connectivity index (χ1n) is 6.67. The van der Waals surface area contributed by atoms with E-state index in [4.69, 9.17) is 11.5 Å². The fourth-order valence-corrected chi connectivity index (χ4v) is 2.58. The highest BCUT2D eigenvalue weighted by atomic mass is 32.1. The predicted octanol–water partition coefficient (Wildman–Crippen LogP) is 2.40. The zero-order valence-electron chi connectivity index (χ0n) is 11.4. The maximum absolute atomic E-state index is 13.6. The van der Waals surface area contributed by atoms with E-state index in [1.165, 1.54) is 17.6 Å². The predicted molar refractivity (Wildman–Crippen MR) is 78.9 cm³/mol. The third kappa shape index (κ3) is 3.82. The van der Waals surface area contributed by atoms with Crippen molar-refractivity contribution in [1.82, 2.24) is 9.36 Å². The molecular weight excluding hydrogens is 275 g/mol. The molecule has 20 heavy (non-hydrogen) atoms. The first kappa shape index (κ1) is 15.0. The molecule has 0 saturated heterocycles. The van der Waals surface area contributed by atoms with E-state index in [1.54, 1.807) is 18.2 Å². The van der Waals surface area contributed by atoms with Crippen molar-refractivity contribution in [2.45, 2.75) is 38.3 Å². The molecule has 4 N–H and O–H groups in total. The Morgan fingerprint density at radius 2 is 2.05 bits per heavy atom. The lowest BCUT2D eigenvalue weighted by Crippen LogP contribution is -2.25. The van der Waals surface area contributed by atoms with Crippen LogP contribution in [0.3, 0.4) is 0 Å². The van der Waals surface area contributed by atoms with Crippen LogP contribution in [0, 0.1) is 5.82 Å². The molecule has 0 amide bonds. The van der Waals surface area contributed by atoms with Crippen LogP contribution in [-0.2, 0) is 6.42 Å². The summed E-state index contributed by atoms with van der Waals surface area (Å²) in [5.74, 6) is 0.372. The molecule has 0 saturated carbocycles. The van der Waals surface area contributed by atoms with Gasteiger partial charge in [-0.15, -0.1) is 0 Å². The van der Waals surface area contributed by atoms with Crippen molar-refractivity contribution in [1.29, 1.82) is 0 Å². The van der Waals surface area contributed by atoms with Crippen LogP contribution in [0.15, 0.2) is 24.3 Å². The Morgan fingerprint density at radius 3 is 2.75 bits per heavy atom. The van der Waals surface area contributed by atoms with Gasteiger partial charge in [-0.05, 0) is 36.0 Å². The molecule has 1 heterocycles. The summed E-state index contributed by atoms with van der Waals surface area (Å²) in [6.07, 6.45) is 1.95. The summed E-state index contributed by atoms with van der Waals surface area (Å²) in [5, 5.41) is 0.764. The molecule has 1 aromatic carbocycles. The maximum Gasteiger partial charge on any atom is 0.147 e. The molecule has 2 aromatic rings. The number of hydrogen-bond donors (Lipinski definition) is 2. The van der Waals surface area contributed by atoms with E-state index < -0.39 is 0 Å². The van der Waals surface area contributed by atoms with Gasteiger partial charge in [0.05, 0.1) is 6.04 Å². The second kappa shape index (κ2) is 6.88. The standard InChI is InChI=1S/C14H19FN4S/c1-2-10(16)8-12(17)14-18-13(19-20-14)7-9-5-3-4-6-11(9)15/h3-6,10,12H,2,7-8,16-17H2,1H3. The summed E-state index contributed by atoms with van der Waals surface area (Å²) < 4.78 is 17.8. The SMILES string of the molecule is CCC(N)CC(N)c1nc(Cc2ccccc2F)ns1. The van der Waals surface area contributed by atoms with Crippen molar-refractivity contribution < 1.29 is 4.39 Å². The smallest absolute Gasteiger partial charge is 0.147 e. The number of benzene rings is 1. The van der Waals surface area contributed by atoms with Crippen LogP contribution in [0.25, 0.3) is 0 Å². The summed E-state index contributed by atoms with van der Waals surface area (Å²) in [7, 11) is 0. The molecule has 2 unspecified atom stereocenters. The molecule has 108 valence electrons. The van der Waals surface area contributed by atoms with Crippen LogP contribution in [0.4, 0.5) is 4.39 Å². The highest BCUT2D eigenvalue weighted by molar-refractivity contribution is 7.05. The van der Waals surface area contributed by atoms with Crippen molar-refractivity contribution in [2.75, 3.05) is 0 Å². The summed E-state index contributed by atoms with van der Waals surface area (Å²) in [4.78, 5) is 4.39. The minimum Gasteiger partial charge on any atom is -0.328 e. The highest BCUT2D eigenvalue weighted by Gasteiger charge is 2.16. The van der Waals surface area contributed by atoms with Crippen LogP contribution < -0.4 is 11.5 Å². The fraction of sp³-hybridized carbons (Fsp3) is 0.429. The minimum absolute atomic E-state index is 0.0731. The van der Waals surface area contributed by atoms with Gasteiger partial charge < -0.3 is 11.5 Å². The zero-order chi connectivity index (χ0) is 14.5. The van der Waals surface area contributed by atoms with E-state index in [0.29, 0.717) is 24.2 Å². The van der Waals surface area contributed by atoms with Crippen molar-refractivity contribution in [2.24, 2.45) is 11.5 Å². The molecule has 0 bridgehead atoms. The summed E-state index contributed by atoms with van der Waals surface area (Å²) in [6, 6.07) is 6.52. The van der Waals surface area contributed by atoms with Crippen LogP contribution >= 0.6 is 11.5 Å². The normalized spacial score (nSPS) is 14.2. The molecule has 4 nitrogen and oxygen atoms in total. The van der Waals surface area contributed by atoms with Gasteiger partial charge in [-0.25, -0.2) is 9.37 Å². The van der Waals surface area contributed by atoms with Gasteiger partial charge >= 0.3 is 0 Å². The Bertz CT molecular complexity index is 558. The molecular formula is C14H19FN4S. The van der Waals surface area contributed by atoms with Crippen molar-refractivity contribution >= 4 is 11.5 Å². The van der Waals surface area contributed by atoms with Crippen LogP contribution in [0.1, 0.15) is 42.2 Å². The molecule has 2 atom stereocenters. The van der Waals surface area contributed by atoms with Crippen LogP contribution in [-0.4, -0.2) is 15.4 Å². The van der Waals surface area contributed by atoms with Gasteiger partial charge in [0, 0.05) is 12.5 Å². The van der Waals surface area contributed by atoms with Crippen LogP contribution in [0.5, 0.6) is 0 Å². The number of hydrogen-bond acceptors (Lipinski definition) is 5. The summed E-state index contributed by atoms with van der Waals surface area (Å²) in [6.45, 7) is 2.03. The summed E-state index contributed by atoms with van der Waals surface area (Å²) >= 11 is 1.27. The monoisotopic (exact) mass is 294 g/mol. The maximum atomic E-state index is 13.6. The van der Waals surface area contributed by atoms with E-state index in [-0.39, 0.29) is 17.9 Å². The molecule has 1 aromatic heterocycles. The highest BCUT2D eigenvalue weighted by Crippen LogP contribution is 2.20. The minimum atomic E-state index is -0.235. The number of halogens is 1. The van der Waals surface area contributed by atoms with Gasteiger partial charge in [0.2, 0.25) is 0 Å². The third-order valence-corrected chi connectivity index (χ3v) is 4.07. The van der Waals surface area contributed by atoms with Crippen molar-refractivity contribution in [3.8, 4) is 0 Å². The third-order valence-electron chi connectivity index (χ3n) is 3.19. The Balaban J connectivity index is 2.04. The lowest BCUT2D eigenvalue weighted by Gasteiger charge is -2.12. The Morgan fingerprint density at radius 1 is 1.30 bits per heavy atom. The van der Waals surface area contributed by atoms with Crippen LogP contribution in [0.2, 0.25) is 0 Å². The molecule has 0 aliphatic carbocycles. The van der Waals surface area contributed by atoms with Gasteiger partial charge in [-0.3, -0.25) is 0 Å². The molecule has 0 spiro atoms. The topological polar surface area (TPSA) is 77.8 Å². The lowest BCUT2D eigenvalue weighted by molar-refractivity contribution is 0.523. The number of nitrogens with two attached hydrogens (primary N) is 2. The lowest BCUT2D eigenvalue weighted by atomic mass is 10.1. The quantitative estimate of drug-likeness (QED) is 0.857. The Labute approximate surface area is 122 Å². The summed E-state index contributed by atoms with van der Waals surface area (Å²) in [5.41, 5.74) is 12.5. The average molecular weight is 294 g/mol. The molecule has 6 heteroatoms. The number of nitrogens with zero attached hydrogens (tertiary/aromatic N) is 2. The van der Waals surface area contributed by atoms with Crippen molar-refractivity contribution in [3.05, 3.63) is 46.5 Å². The largest absolute Gasteiger partial charge is 0.328 e. The molecule has 2 rings (SSSR count). The molecule has 0 aliphatic heterocycles. The van der Waals surface area contributed by atoms with Gasteiger partial charge in [-0.1, -0.05) is 25.1 Å². The molecule has 0 aliphatic rings. The fourth-order valence-electron chi connectivity index (χ4n) is 1.90. The zero-order valence-corrected chi connectivity index (χ0v) is 12.2. The number of aromatic nitrogens is 2. The van der Waals surface area contributed by atoms with E-state index in [1.807, 2.05) is 6.92 Å². The van der Waals surface area contributed by atoms with E-state index in [0.717, 1.165) is 11.4 Å². The number of rotatable bonds is 6. The Kier molecular flexibility index (Phi) is 5.17. The van der Waals surface area contributed by atoms with Crippen molar-refractivity contribution in [3.63, 3.8) is 0 Å². The second-order valence-electron chi connectivity index (χ2n) is 4.83. The van der Waals surface area contributed by atoms with Gasteiger partial charge in [0.15, 0.2) is 0 Å². The van der Waals surface area contributed by atoms with Gasteiger partial charge in [0.25, 0.3) is 0 Å². The van der Waals surface area contributed by atoms with E-state index in [9.17, 15) is 4.39 Å². The first-order chi connectivity index (χ1) is 9.60. The first-order valence-corrected chi connectivity index (χ1v) is 7.44. The van der Waals surface area contributed by atoms with Gasteiger partial charge in [-0.2, -0.15) is 4.37 Å². The Hall–Kier alpha value is -1.37.